The van der Waals surface area contributed by atoms with E-state index in [0.717, 1.165) is 16.7 Å². The largest absolute Gasteiger partial charge is 0.423 e. The fourth-order valence-corrected chi connectivity index (χ4v) is 2.49. The summed E-state index contributed by atoms with van der Waals surface area (Å²) in [5.41, 5.74) is 2.89. The van der Waals surface area contributed by atoms with E-state index in [9.17, 15) is 4.79 Å². The van der Waals surface area contributed by atoms with Crippen LogP contribution in [-0.4, -0.2) is 5.97 Å². The molecular weight excluding hydrogens is 244 g/mol. The maximum atomic E-state index is 11.4. The van der Waals surface area contributed by atoms with Gasteiger partial charge < -0.3 is 4.74 Å². The van der Waals surface area contributed by atoms with Gasteiger partial charge in [-0.1, -0.05) is 30.3 Å². The van der Waals surface area contributed by atoms with E-state index in [1.54, 1.807) is 11.3 Å². The van der Waals surface area contributed by atoms with Crippen LogP contribution in [0.2, 0.25) is 0 Å². The van der Waals surface area contributed by atoms with Crippen molar-refractivity contribution in [2.45, 2.75) is 0 Å². The molecule has 1 aromatic carbocycles. The van der Waals surface area contributed by atoms with Crippen LogP contribution in [0.15, 0.2) is 59.0 Å². The van der Waals surface area contributed by atoms with Gasteiger partial charge in [-0.15, -0.1) is 0 Å². The van der Waals surface area contributed by atoms with Gasteiger partial charge in [0.25, 0.3) is 0 Å². The first-order chi connectivity index (χ1) is 8.83. The second-order valence-electron chi connectivity index (χ2n) is 3.91. The second kappa shape index (κ2) is 4.63. The maximum Gasteiger partial charge on any atom is 0.336 e. The molecule has 0 atom stereocenters. The predicted octanol–water partition coefficient (Wildman–Crippen LogP) is 3.73. The molecule has 3 heteroatoms. The van der Waals surface area contributed by atoms with Gasteiger partial charge in [0.2, 0.25) is 0 Å². The summed E-state index contributed by atoms with van der Waals surface area (Å²) in [7, 11) is 0. The highest BCUT2D eigenvalue weighted by Gasteiger charge is 2.21. The fourth-order valence-electron chi connectivity index (χ4n) is 1.83. The monoisotopic (exact) mass is 254 g/mol. The Morgan fingerprint density at radius 1 is 1.11 bits per heavy atom. The molecule has 18 heavy (non-hydrogen) atoms. The van der Waals surface area contributed by atoms with Gasteiger partial charge in [0.05, 0.1) is 0 Å². The van der Waals surface area contributed by atoms with Crippen molar-refractivity contribution in [1.29, 1.82) is 0 Å². The van der Waals surface area contributed by atoms with Crippen LogP contribution in [-0.2, 0) is 9.53 Å². The molecule has 0 radical (unpaired) electrons. The molecule has 88 valence electrons. The van der Waals surface area contributed by atoms with Crippen molar-refractivity contribution in [2.75, 3.05) is 0 Å². The third-order valence-corrected chi connectivity index (χ3v) is 3.35. The molecule has 0 unspecified atom stereocenters. The number of esters is 1. The van der Waals surface area contributed by atoms with Gasteiger partial charge in [0, 0.05) is 11.6 Å². The van der Waals surface area contributed by atoms with Crippen LogP contribution < -0.4 is 0 Å². The lowest BCUT2D eigenvalue weighted by Gasteiger charge is -2.02. The molecule has 1 aromatic heterocycles. The van der Waals surface area contributed by atoms with Gasteiger partial charge in [0.1, 0.15) is 5.76 Å². The Bertz CT molecular complexity index is 622. The summed E-state index contributed by atoms with van der Waals surface area (Å²) in [6.07, 6.45) is 3.42. The van der Waals surface area contributed by atoms with E-state index >= 15 is 0 Å². The lowest BCUT2D eigenvalue weighted by atomic mass is 10.1. The third-order valence-electron chi connectivity index (χ3n) is 2.67. The van der Waals surface area contributed by atoms with Crippen molar-refractivity contribution in [3.8, 4) is 0 Å². The van der Waals surface area contributed by atoms with Crippen LogP contribution in [0.4, 0.5) is 0 Å². The number of hydrogen-bond donors (Lipinski definition) is 0. The summed E-state index contributed by atoms with van der Waals surface area (Å²) in [5.74, 6) is 0.308. The maximum absolute atomic E-state index is 11.4. The van der Waals surface area contributed by atoms with Gasteiger partial charge >= 0.3 is 5.97 Å². The number of thiophene rings is 1. The van der Waals surface area contributed by atoms with E-state index in [-0.39, 0.29) is 5.97 Å². The van der Waals surface area contributed by atoms with Crippen molar-refractivity contribution < 1.29 is 9.53 Å². The number of ether oxygens (including phenoxy) is 1. The SMILES string of the molecule is O=C1C=C(c2ccsc2)/C(=C/c2ccccc2)O1. The van der Waals surface area contributed by atoms with Crippen LogP contribution in [0.5, 0.6) is 0 Å². The number of rotatable bonds is 2. The highest BCUT2D eigenvalue weighted by molar-refractivity contribution is 7.08. The van der Waals surface area contributed by atoms with Gasteiger partial charge in [0.15, 0.2) is 0 Å². The molecule has 0 spiro atoms. The van der Waals surface area contributed by atoms with Crippen molar-refractivity contribution in [3.05, 3.63) is 70.1 Å². The van der Waals surface area contributed by atoms with E-state index in [0.29, 0.717) is 5.76 Å². The van der Waals surface area contributed by atoms with Gasteiger partial charge in [-0.25, -0.2) is 4.79 Å². The Kier molecular flexibility index (Phi) is 2.82. The average molecular weight is 254 g/mol. The predicted molar refractivity (Wildman–Crippen MR) is 72.8 cm³/mol. The molecule has 1 aliphatic rings. The molecule has 3 rings (SSSR count). The van der Waals surface area contributed by atoms with Crippen LogP contribution in [0, 0.1) is 0 Å². The Morgan fingerprint density at radius 2 is 1.94 bits per heavy atom. The molecule has 2 nitrogen and oxygen atoms in total. The van der Waals surface area contributed by atoms with Gasteiger partial charge in [-0.05, 0) is 34.0 Å². The number of cyclic esters (lactones) is 1. The zero-order valence-electron chi connectivity index (χ0n) is 9.50. The van der Waals surface area contributed by atoms with Crippen LogP contribution in [0.1, 0.15) is 11.1 Å². The molecule has 0 fully saturated rings. The van der Waals surface area contributed by atoms with E-state index in [2.05, 4.69) is 0 Å². The van der Waals surface area contributed by atoms with E-state index < -0.39 is 0 Å². The molecule has 0 N–H and O–H groups in total. The summed E-state index contributed by atoms with van der Waals surface area (Å²) in [5, 5.41) is 3.99. The summed E-state index contributed by atoms with van der Waals surface area (Å²) in [6, 6.07) is 11.8. The number of allylic oxidation sites excluding steroid dienone is 1. The first kappa shape index (κ1) is 11.0. The Morgan fingerprint density at radius 3 is 2.67 bits per heavy atom. The summed E-state index contributed by atoms with van der Waals surface area (Å²) in [4.78, 5) is 11.4. The standard InChI is InChI=1S/C15H10O2S/c16-15-9-13(12-6-7-18-10-12)14(17-15)8-11-4-2-1-3-5-11/h1-10H/b14-8-. The third kappa shape index (κ3) is 2.13. The molecule has 0 bridgehead atoms. The molecule has 0 saturated carbocycles. The molecule has 2 heterocycles. The van der Waals surface area contributed by atoms with Crippen LogP contribution in [0.25, 0.3) is 11.6 Å². The van der Waals surface area contributed by atoms with Crippen LogP contribution >= 0.6 is 11.3 Å². The van der Waals surface area contributed by atoms with Crippen molar-refractivity contribution in [3.63, 3.8) is 0 Å². The molecule has 0 aliphatic carbocycles. The lowest BCUT2D eigenvalue weighted by Crippen LogP contribution is -1.91. The topological polar surface area (TPSA) is 26.3 Å². The van der Waals surface area contributed by atoms with Crippen LogP contribution in [0.3, 0.4) is 0 Å². The Labute approximate surface area is 109 Å². The minimum atomic E-state index is -0.307. The summed E-state index contributed by atoms with van der Waals surface area (Å²) >= 11 is 1.60. The lowest BCUT2D eigenvalue weighted by molar-refractivity contribution is -0.132. The summed E-state index contributed by atoms with van der Waals surface area (Å²) < 4.78 is 5.24. The fraction of sp³-hybridized carbons (Fsp3) is 0. The Hall–Kier alpha value is -2.13. The van der Waals surface area contributed by atoms with Crippen molar-refractivity contribution >= 4 is 29.0 Å². The number of hydrogen-bond acceptors (Lipinski definition) is 3. The average Bonchev–Trinajstić information content (AvgIpc) is 3.00. The Balaban J connectivity index is 2.00. The molecule has 0 amide bonds. The highest BCUT2D eigenvalue weighted by atomic mass is 32.1. The van der Waals surface area contributed by atoms with Gasteiger partial charge in [-0.2, -0.15) is 11.3 Å². The quantitative estimate of drug-likeness (QED) is 0.763. The normalized spacial score (nSPS) is 16.8. The highest BCUT2D eigenvalue weighted by Crippen LogP contribution is 2.32. The number of carbonyl (C=O) groups is 1. The van der Waals surface area contributed by atoms with Crippen molar-refractivity contribution in [1.82, 2.24) is 0 Å². The van der Waals surface area contributed by atoms with Gasteiger partial charge in [-0.3, -0.25) is 0 Å². The number of carbonyl (C=O) groups excluding carboxylic acids is 1. The zero-order chi connectivity index (χ0) is 12.4. The smallest absolute Gasteiger partial charge is 0.336 e. The zero-order valence-corrected chi connectivity index (χ0v) is 10.3. The van der Waals surface area contributed by atoms with E-state index in [1.165, 1.54) is 6.08 Å². The summed E-state index contributed by atoms with van der Waals surface area (Å²) in [6.45, 7) is 0. The minimum absolute atomic E-state index is 0.307. The molecule has 2 aromatic rings. The first-order valence-corrected chi connectivity index (χ1v) is 6.50. The molecule has 0 saturated heterocycles. The second-order valence-corrected chi connectivity index (χ2v) is 4.69. The van der Waals surface area contributed by atoms with Crippen molar-refractivity contribution in [2.24, 2.45) is 0 Å². The first-order valence-electron chi connectivity index (χ1n) is 5.56. The van der Waals surface area contributed by atoms with E-state index in [4.69, 9.17) is 4.74 Å². The van der Waals surface area contributed by atoms with E-state index in [1.807, 2.05) is 53.2 Å². The molecular formula is C15H10O2S. The molecule has 1 aliphatic heterocycles. The number of benzene rings is 1. The minimum Gasteiger partial charge on any atom is -0.423 e.